The van der Waals surface area contributed by atoms with Crippen LogP contribution in [-0.2, 0) is 6.42 Å². The van der Waals surface area contributed by atoms with Crippen LogP contribution in [0.3, 0.4) is 0 Å². The van der Waals surface area contributed by atoms with Gasteiger partial charge in [0.05, 0.1) is 5.69 Å². The van der Waals surface area contributed by atoms with Crippen molar-refractivity contribution in [3.8, 4) is 11.3 Å². The maximum Gasteiger partial charge on any atom is 0.132 e. The zero-order valence-electron chi connectivity index (χ0n) is 11.5. The Kier molecular flexibility index (Phi) is 4.10. The summed E-state index contributed by atoms with van der Waals surface area (Å²) in [6.45, 7) is 4.01. The number of aryl methyl sites for hydroxylation is 2. The van der Waals surface area contributed by atoms with Crippen LogP contribution >= 0.6 is 0 Å². The van der Waals surface area contributed by atoms with Crippen molar-refractivity contribution in [3.05, 3.63) is 41.5 Å². The fourth-order valence-electron chi connectivity index (χ4n) is 1.93. The Morgan fingerprint density at radius 2 is 2.00 bits per heavy atom. The molecule has 0 saturated heterocycles. The number of hydrogen-bond acceptors (Lipinski definition) is 3. The van der Waals surface area contributed by atoms with Gasteiger partial charge in [-0.05, 0) is 25.5 Å². The van der Waals surface area contributed by atoms with Gasteiger partial charge < -0.3 is 5.32 Å². The van der Waals surface area contributed by atoms with Crippen LogP contribution < -0.4 is 5.32 Å². The Hall–Kier alpha value is -1.97. The first kappa shape index (κ1) is 13.5. The van der Waals surface area contributed by atoms with E-state index >= 15 is 0 Å². The largest absolute Gasteiger partial charge is 0.373 e. The molecule has 1 aromatic carbocycles. The third-order valence-corrected chi connectivity index (χ3v) is 2.90. The molecule has 0 fully saturated rings. The molecule has 0 spiro atoms. The molecule has 3 nitrogen and oxygen atoms in total. The van der Waals surface area contributed by atoms with Gasteiger partial charge in [0.1, 0.15) is 17.5 Å². The average Bonchev–Trinajstić information content (AvgIpc) is 2.41. The first-order valence-electron chi connectivity index (χ1n) is 6.46. The normalized spacial score (nSPS) is 10.5. The van der Waals surface area contributed by atoms with E-state index in [2.05, 4.69) is 22.2 Å². The second-order valence-electron chi connectivity index (χ2n) is 4.54. The third-order valence-electron chi connectivity index (χ3n) is 2.90. The molecule has 2 rings (SSSR count). The van der Waals surface area contributed by atoms with Gasteiger partial charge in [0.2, 0.25) is 0 Å². The topological polar surface area (TPSA) is 37.8 Å². The van der Waals surface area contributed by atoms with Crippen molar-refractivity contribution in [2.45, 2.75) is 26.7 Å². The summed E-state index contributed by atoms with van der Waals surface area (Å²) in [5.74, 6) is 1.20. The number of aromatic nitrogens is 2. The fourth-order valence-corrected chi connectivity index (χ4v) is 1.93. The standard InChI is InChI=1S/C15H18FN3/c1-4-5-14-18-13(9-15(17-3)19-14)11-8-10(2)6-7-12(11)16/h6-9H,4-5H2,1-3H3,(H,17,18,19). The molecule has 0 unspecified atom stereocenters. The maximum atomic E-state index is 13.9. The van der Waals surface area contributed by atoms with Crippen LogP contribution in [-0.4, -0.2) is 17.0 Å². The molecule has 0 aliphatic carbocycles. The van der Waals surface area contributed by atoms with Crippen LogP contribution in [0.4, 0.5) is 10.2 Å². The summed E-state index contributed by atoms with van der Waals surface area (Å²) < 4.78 is 13.9. The molecule has 0 saturated carbocycles. The van der Waals surface area contributed by atoms with Gasteiger partial charge in [-0.3, -0.25) is 0 Å². The lowest BCUT2D eigenvalue weighted by Gasteiger charge is -2.09. The molecule has 0 amide bonds. The second kappa shape index (κ2) is 5.78. The molecule has 0 aliphatic rings. The molecular weight excluding hydrogens is 241 g/mol. The highest BCUT2D eigenvalue weighted by atomic mass is 19.1. The van der Waals surface area contributed by atoms with E-state index in [4.69, 9.17) is 0 Å². The zero-order chi connectivity index (χ0) is 13.8. The van der Waals surface area contributed by atoms with E-state index in [9.17, 15) is 4.39 Å². The molecule has 2 aromatic rings. The smallest absolute Gasteiger partial charge is 0.132 e. The van der Waals surface area contributed by atoms with Crippen molar-refractivity contribution < 1.29 is 4.39 Å². The molecule has 19 heavy (non-hydrogen) atoms. The van der Waals surface area contributed by atoms with Crippen molar-refractivity contribution >= 4 is 5.82 Å². The van der Waals surface area contributed by atoms with Crippen LogP contribution in [0.1, 0.15) is 24.7 Å². The minimum atomic E-state index is -0.256. The number of benzene rings is 1. The minimum Gasteiger partial charge on any atom is -0.373 e. The molecule has 1 N–H and O–H groups in total. The van der Waals surface area contributed by atoms with Crippen molar-refractivity contribution in [1.29, 1.82) is 0 Å². The van der Waals surface area contributed by atoms with Crippen LogP contribution in [0.25, 0.3) is 11.3 Å². The maximum absolute atomic E-state index is 13.9. The van der Waals surface area contributed by atoms with Gasteiger partial charge in [0, 0.05) is 25.1 Å². The lowest BCUT2D eigenvalue weighted by atomic mass is 10.1. The van der Waals surface area contributed by atoms with Crippen molar-refractivity contribution in [1.82, 2.24) is 9.97 Å². The third kappa shape index (κ3) is 3.08. The Balaban J connectivity index is 2.54. The van der Waals surface area contributed by atoms with E-state index in [0.29, 0.717) is 17.1 Å². The van der Waals surface area contributed by atoms with E-state index in [0.717, 1.165) is 24.2 Å². The van der Waals surface area contributed by atoms with Crippen LogP contribution in [0.15, 0.2) is 24.3 Å². The molecule has 0 atom stereocenters. The van der Waals surface area contributed by atoms with Gasteiger partial charge in [-0.15, -0.1) is 0 Å². The molecule has 0 aliphatic heterocycles. The van der Waals surface area contributed by atoms with Gasteiger partial charge in [-0.2, -0.15) is 0 Å². The van der Waals surface area contributed by atoms with E-state index in [1.807, 2.05) is 13.0 Å². The first-order valence-corrected chi connectivity index (χ1v) is 6.46. The fraction of sp³-hybridized carbons (Fsp3) is 0.333. The van der Waals surface area contributed by atoms with E-state index < -0.39 is 0 Å². The Labute approximate surface area is 112 Å². The number of hydrogen-bond donors (Lipinski definition) is 1. The number of nitrogens with one attached hydrogen (secondary N) is 1. The molecule has 4 heteroatoms. The zero-order valence-corrected chi connectivity index (χ0v) is 11.5. The number of nitrogens with zero attached hydrogens (tertiary/aromatic N) is 2. The highest BCUT2D eigenvalue weighted by Crippen LogP contribution is 2.24. The first-order chi connectivity index (χ1) is 9.13. The summed E-state index contributed by atoms with van der Waals surface area (Å²) in [5.41, 5.74) is 2.17. The van der Waals surface area contributed by atoms with E-state index in [1.165, 1.54) is 6.07 Å². The Morgan fingerprint density at radius 1 is 1.21 bits per heavy atom. The summed E-state index contributed by atoms with van der Waals surface area (Å²) in [6.07, 6.45) is 1.75. The van der Waals surface area contributed by atoms with Crippen molar-refractivity contribution in [3.63, 3.8) is 0 Å². The van der Waals surface area contributed by atoms with E-state index in [-0.39, 0.29) is 5.82 Å². The number of anilines is 1. The van der Waals surface area contributed by atoms with Gasteiger partial charge in [0.15, 0.2) is 0 Å². The van der Waals surface area contributed by atoms with Gasteiger partial charge in [-0.1, -0.05) is 18.6 Å². The number of rotatable bonds is 4. The minimum absolute atomic E-state index is 0.256. The van der Waals surface area contributed by atoms with Crippen LogP contribution in [0.5, 0.6) is 0 Å². The average molecular weight is 259 g/mol. The van der Waals surface area contributed by atoms with Gasteiger partial charge in [-0.25, -0.2) is 14.4 Å². The second-order valence-corrected chi connectivity index (χ2v) is 4.54. The Morgan fingerprint density at radius 3 is 2.68 bits per heavy atom. The highest BCUT2D eigenvalue weighted by Gasteiger charge is 2.10. The SMILES string of the molecule is CCCc1nc(NC)cc(-c2cc(C)ccc2F)n1. The summed E-state index contributed by atoms with van der Waals surface area (Å²) in [6, 6.07) is 6.82. The lowest BCUT2D eigenvalue weighted by Crippen LogP contribution is -2.02. The molecule has 0 bridgehead atoms. The van der Waals surface area contributed by atoms with Gasteiger partial charge >= 0.3 is 0 Å². The quantitative estimate of drug-likeness (QED) is 0.911. The predicted molar refractivity (Wildman–Crippen MR) is 75.7 cm³/mol. The molecule has 100 valence electrons. The van der Waals surface area contributed by atoms with E-state index in [1.54, 1.807) is 19.2 Å². The summed E-state index contributed by atoms with van der Waals surface area (Å²) >= 11 is 0. The van der Waals surface area contributed by atoms with Crippen molar-refractivity contribution in [2.75, 3.05) is 12.4 Å². The molecule has 1 aromatic heterocycles. The summed E-state index contributed by atoms with van der Waals surface area (Å²) in [7, 11) is 1.80. The molecular formula is C15H18FN3. The van der Waals surface area contributed by atoms with Crippen LogP contribution in [0.2, 0.25) is 0 Å². The monoisotopic (exact) mass is 259 g/mol. The molecule has 0 radical (unpaired) electrons. The van der Waals surface area contributed by atoms with Crippen LogP contribution in [0, 0.1) is 12.7 Å². The summed E-state index contributed by atoms with van der Waals surface area (Å²) in [4.78, 5) is 8.83. The Bertz CT molecular complexity index is 582. The van der Waals surface area contributed by atoms with Crippen molar-refractivity contribution in [2.24, 2.45) is 0 Å². The lowest BCUT2D eigenvalue weighted by molar-refractivity contribution is 0.630. The molecule has 1 heterocycles. The number of halogens is 1. The summed E-state index contributed by atoms with van der Waals surface area (Å²) in [5, 5.41) is 3.00. The van der Waals surface area contributed by atoms with Gasteiger partial charge in [0.25, 0.3) is 0 Å². The predicted octanol–water partition coefficient (Wildman–Crippen LogP) is 3.59. The highest BCUT2D eigenvalue weighted by molar-refractivity contribution is 5.64.